The Morgan fingerprint density at radius 3 is 2.79 bits per heavy atom. The van der Waals surface area contributed by atoms with Crippen LogP contribution in [0.4, 0.5) is 0 Å². The van der Waals surface area contributed by atoms with E-state index in [2.05, 4.69) is 10.2 Å². The highest BCUT2D eigenvalue weighted by molar-refractivity contribution is 7.88. The van der Waals surface area contributed by atoms with Crippen molar-refractivity contribution in [1.29, 1.82) is 0 Å². The summed E-state index contributed by atoms with van der Waals surface area (Å²) >= 11 is 0. The van der Waals surface area contributed by atoms with Crippen LogP contribution in [0.25, 0.3) is 0 Å². The Hall–Kier alpha value is -1.38. The molecular weight excluding hydrogens is 330 g/mol. The minimum atomic E-state index is -3.22. The zero-order chi connectivity index (χ0) is 17.4. The number of piperidine rings is 1. The highest BCUT2D eigenvalue weighted by Crippen LogP contribution is 2.37. The van der Waals surface area contributed by atoms with Crippen molar-refractivity contribution in [1.82, 2.24) is 14.5 Å². The molecular formula is C16H25N3O4S. The standard InChI is InChI=1S/C16H25N3O4S/c1-18(24(2,21)22)10-13-4-5-14(23-13)11-19-9-7-16(12-19)6-3-8-17-15(16)20/h4-5H,3,6-12H2,1-2H3,(H,17,20)/t16-/m1/s1. The lowest BCUT2D eigenvalue weighted by atomic mass is 9.79. The lowest BCUT2D eigenvalue weighted by Gasteiger charge is -2.32. The van der Waals surface area contributed by atoms with Gasteiger partial charge in [0.15, 0.2) is 0 Å². The van der Waals surface area contributed by atoms with E-state index in [1.54, 1.807) is 0 Å². The SMILES string of the molecule is CN(Cc1ccc(CN2CC[C@]3(CCCNC3=O)C2)o1)S(C)(=O)=O. The summed E-state index contributed by atoms with van der Waals surface area (Å²) < 4.78 is 29.9. The van der Waals surface area contributed by atoms with Gasteiger partial charge in [-0.25, -0.2) is 8.42 Å². The van der Waals surface area contributed by atoms with Gasteiger partial charge in [-0.2, -0.15) is 4.31 Å². The second kappa shape index (κ2) is 6.50. The number of carbonyl (C=O) groups excluding carboxylic acids is 1. The number of sulfonamides is 1. The molecule has 1 amide bonds. The Morgan fingerprint density at radius 2 is 2.08 bits per heavy atom. The van der Waals surface area contributed by atoms with Crippen molar-refractivity contribution in [3.05, 3.63) is 23.7 Å². The fraction of sp³-hybridized carbons (Fsp3) is 0.688. The third-order valence-electron chi connectivity index (χ3n) is 5.07. The smallest absolute Gasteiger partial charge is 0.227 e. The number of nitrogens with one attached hydrogen (secondary N) is 1. The Morgan fingerprint density at radius 1 is 1.33 bits per heavy atom. The van der Waals surface area contributed by atoms with E-state index in [1.807, 2.05) is 12.1 Å². The van der Waals surface area contributed by atoms with Crippen molar-refractivity contribution in [2.45, 2.75) is 32.4 Å². The predicted molar refractivity (Wildman–Crippen MR) is 89.6 cm³/mol. The molecule has 2 fully saturated rings. The van der Waals surface area contributed by atoms with Crippen molar-refractivity contribution in [3.63, 3.8) is 0 Å². The maximum atomic E-state index is 12.2. The first-order chi connectivity index (χ1) is 11.3. The van der Waals surface area contributed by atoms with E-state index >= 15 is 0 Å². The molecule has 2 aliphatic heterocycles. The first-order valence-electron chi connectivity index (χ1n) is 8.28. The molecule has 1 atom stereocenters. The third kappa shape index (κ3) is 3.65. The highest BCUT2D eigenvalue weighted by atomic mass is 32.2. The van der Waals surface area contributed by atoms with Crippen molar-refractivity contribution >= 4 is 15.9 Å². The zero-order valence-corrected chi connectivity index (χ0v) is 15.1. The molecule has 2 saturated heterocycles. The van der Waals surface area contributed by atoms with Crippen molar-refractivity contribution in [3.8, 4) is 0 Å². The molecule has 2 aliphatic rings. The molecule has 0 unspecified atom stereocenters. The van der Waals surface area contributed by atoms with Crippen LogP contribution in [0.1, 0.15) is 30.8 Å². The van der Waals surface area contributed by atoms with E-state index in [9.17, 15) is 13.2 Å². The minimum Gasteiger partial charge on any atom is -0.463 e. The maximum Gasteiger partial charge on any atom is 0.227 e. The van der Waals surface area contributed by atoms with Crippen LogP contribution in [-0.2, 0) is 27.9 Å². The van der Waals surface area contributed by atoms with Crippen LogP contribution in [-0.4, -0.2) is 56.5 Å². The molecule has 8 heteroatoms. The molecule has 0 aromatic carbocycles. The molecule has 24 heavy (non-hydrogen) atoms. The molecule has 0 saturated carbocycles. The molecule has 0 bridgehead atoms. The second-order valence-electron chi connectivity index (χ2n) is 6.99. The molecule has 1 N–H and O–H groups in total. The van der Waals surface area contributed by atoms with E-state index in [4.69, 9.17) is 4.42 Å². The van der Waals surface area contributed by atoms with Crippen LogP contribution in [0.3, 0.4) is 0 Å². The lowest BCUT2D eigenvalue weighted by molar-refractivity contribution is -0.132. The predicted octanol–water partition coefficient (Wildman–Crippen LogP) is 0.773. The van der Waals surface area contributed by atoms with E-state index in [0.29, 0.717) is 12.3 Å². The molecule has 1 aromatic heterocycles. The topological polar surface area (TPSA) is 82.9 Å². The number of likely N-dealkylation sites (tertiary alicyclic amines) is 1. The monoisotopic (exact) mass is 355 g/mol. The second-order valence-corrected chi connectivity index (χ2v) is 9.08. The van der Waals surface area contributed by atoms with Gasteiger partial charge in [-0.1, -0.05) is 0 Å². The Labute approximate surface area is 143 Å². The largest absolute Gasteiger partial charge is 0.463 e. The van der Waals surface area contributed by atoms with Crippen molar-refractivity contribution in [2.24, 2.45) is 5.41 Å². The van der Waals surface area contributed by atoms with Gasteiger partial charge in [0.1, 0.15) is 11.5 Å². The summed E-state index contributed by atoms with van der Waals surface area (Å²) in [6, 6.07) is 3.70. The number of hydrogen-bond acceptors (Lipinski definition) is 5. The van der Waals surface area contributed by atoms with Crippen LogP contribution >= 0.6 is 0 Å². The van der Waals surface area contributed by atoms with E-state index in [-0.39, 0.29) is 17.9 Å². The number of furan rings is 1. The number of hydrogen-bond donors (Lipinski definition) is 1. The normalized spacial score (nSPS) is 25.5. The van der Waals surface area contributed by atoms with Gasteiger partial charge >= 0.3 is 0 Å². The van der Waals surface area contributed by atoms with Gasteiger partial charge in [-0.3, -0.25) is 9.69 Å². The molecule has 134 valence electrons. The van der Waals surface area contributed by atoms with E-state index < -0.39 is 10.0 Å². The number of rotatable bonds is 5. The molecule has 3 rings (SSSR count). The Kier molecular flexibility index (Phi) is 4.72. The van der Waals surface area contributed by atoms with E-state index in [0.717, 1.165) is 44.7 Å². The van der Waals surface area contributed by atoms with Gasteiger partial charge in [0.05, 0.1) is 24.8 Å². The summed E-state index contributed by atoms with van der Waals surface area (Å²) in [5.41, 5.74) is -0.232. The Balaban J connectivity index is 1.59. The first kappa shape index (κ1) is 17.4. The van der Waals surface area contributed by atoms with Gasteiger partial charge in [0.2, 0.25) is 15.9 Å². The molecule has 1 aromatic rings. The van der Waals surface area contributed by atoms with Gasteiger partial charge in [-0.05, 0) is 37.9 Å². The molecule has 0 radical (unpaired) electrons. The van der Waals surface area contributed by atoms with Crippen LogP contribution in [0, 0.1) is 5.41 Å². The summed E-state index contributed by atoms with van der Waals surface area (Å²) in [6.07, 6.45) is 4.07. The van der Waals surface area contributed by atoms with Crippen molar-refractivity contribution in [2.75, 3.05) is 32.9 Å². The molecule has 0 aliphatic carbocycles. The van der Waals surface area contributed by atoms with Crippen LogP contribution in [0.5, 0.6) is 0 Å². The summed E-state index contributed by atoms with van der Waals surface area (Å²) in [4.78, 5) is 14.5. The van der Waals surface area contributed by atoms with Gasteiger partial charge < -0.3 is 9.73 Å². The first-order valence-corrected chi connectivity index (χ1v) is 10.1. The van der Waals surface area contributed by atoms with Crippen LogP contribution in [0.15, 0.2) is 16.5 Å². The van der Waals surface area contributed by atoms with Crippen LogP contribution < -0.4 is 5.32 Å². The summed E-state index contributed by atoms with van der Waals surface area (Å²) in [5, 5.41) is 2.99. The maximum absolute atomic E-state index is 12.2. The van der Waals surface area contributed by atoms with Gasteiger partial charge in [0.25, 0.3) is 0 Å². The van der Waals surface area contributed by atoms with Crippen molar-refractivity contribution < 1.29 is 17.6 Å². The fourth-order valence-corrected chi connectivity index (χ4v) is 3.92. The highest BCUT2D eigenvalue weighted by Gasteiger charge is 2.45. The summed E-state index contributed by atoms with van der Waals surface area (Å²) in [5.74, 6) is 1.62. The van der Waals surface area contributed by atoms with Gasteiger partial charge in [-0.15, -0.1) is 0 Å². The minimum absolute atomic E-state index is 0.186. The average Bonchev–Trinajstić information content (AvgIpc) is 3.10. The molecule has 7 nitrogen and oxygen atoms in total. The number of nitrogens with zero attached hydrogens (tertiary/aromatic N) is 2. The quantitative estimate of drug-likeness (QED) is 0.844. The fourth-order valence-electron chi connectivity index (χ4n) is 3.56. The van der Waals surface area contributed by atoms with E-state index in [1.165, 1.54) is 17.6 Å². The zero-order valence-electron chi connectivity index (χ0n) is 14.2. The van der Waals surface area contributed by atoms with Gasteiger partial charge in [0, 0.05) is 20.1 Å². The summed E-state index contributed by atoms with van der Waals surface area (Å²) in [7, 11) is -1.69. The Bertz CT molecular complexity index is 715. The molecule has 1 spiro atoms. The third-order valence-corrected chi connectivity index (χ3v) is 6.34. The average molecular weight is 355 g/mol. The van der Waals surface area contributed by atoms with Crippen LogP contribution in [0.2, 0.25) is 0 Å². The number of amides is 1. The molecule has 3 heterocycles. The lowest BCUT2D eigenvalue weighted by Crippen LogP contribution is -2.47. The number of carbonyl (C=O) groups is 1. The summed E-state index contributed by atoms with van der Waals surface area (Å²) in [6.45, 7) is 3.31.